The minimum atomic E-state index is 1.14. The first kappa shape index (κ1) is 35.4. The lowest BCUT2D eigenvalue weighted by Gasteiger charge is -2.14. The van der Waals surface area contributed by atoms with E-state index in [0.717, 1.165) is 17.1 Å². The van der Waals surface area contributed by atoms with Crippen molar-refractivity contribution < 1.29 is 0 Å². The summed E-state index contributed by atoms with van der Waals surface area (Å²) in [4.78, 5) is 0. The van der Waals surface area contributed by atoms with Gasteiger partial charge in [0.15, 0.2) is 0 Å². The Balaban J connectivity index is 1.09. The third-order valence-electron chi connectivity index (χ3n) is 13.0. The van der Waals surface area contributed by atoms with E-state index >= 15 is 0 Å². The highest BCUT2D eigenvalue weighted by Crippen LogP contribution is 2.48. The van der Waals surface area contributed by atoms with Gasteiger partial charge in [0, 0.05) is 54.9 Å². The van der Waals surface area contributed by atoms with Gasteiger partial charge in [-0.05, 0) is 101 Å². The van der Waals surface area contributed by atoms with Gasteiger partial charge in [-0.25, -0.2) is 0 Å². The summed E-state index contributed by atoms with van der Waals surface area (Å²) in [6, 6.07) is 86.5. The van der Waals surface area contributed by atoms with Crippen molar-refractivity contribution in [1.82, 2.24) is 13.7 Å². The number of rotatable bonds is 6. The van der Waals surface area contributed by atoms with Crippen molar-refractivity contribution in [2.75, 3.05) is 0 Å². The molecule has 0 saturated carbocycles. The molecule has 0 fully saturated rings. The molecule has 0 aliphatic heterocycles. The van der Waals surface area contributed by atoms with Gasteiger partial charge < -0.3 is 13.7 Å². The summed E-state index contributed by atoms with van der Waals surface area (Å²) >= 11 is 0. The van der Waals surface area contributed by atoms with Crippen LogP contribution in [0.5, 0.6) is 0 Å². The van der Waals surface area contributed by atoms with E-state index in [1.54, 1.807) is 0 Å². The van der Waals surface area contributed by atoms with E-state index in [4.69, 9.17) is 0 Å². The molecule has 0 aliphatic rings. The topological polar surface area (TPSA) is 14.8 Å². The van der Waals surface area contributed by atoms with Crippen LogP contribution in [0.4, 0.5) is 0 Å². The lowest BCUT2D eigenvalue weighted by Crippen LogP contribution is -1.96. The molecular weight excluding hydrogens is 763 g/mol. The minimum Gasteiger partial charge on any atom is -0.309 e. The van der Waals surface area contributed by atoms with Crippen molar-refractivity contribution >= 4 is 65.4 Å². The molecule has 10 aromatic carbocycles. The van der Waals surface area contributed by atoms with Gasteiger partial charge in [0.1, 0.15) is 0 Å². The number of hydrogen-bond donors (Lipinski definition) is 0. The molecule has 3 heteroatoms. The second-order valence-corrected chi connectivity index (χ2v) is 16.5. The molecule has 294 valence electrons. The van der Waals surface area contributed by atoms with Crippen LogP contribution in [0.3, 0.4) is 0 Å². The molecule has 0 N–H and O–H groups in total. The summed E-state index contributed by atoms with van der Waals surface area (Å²) in [5, 5.41) is 7.46. The molecule has 13 rings (SSSR count). The number of nitrogens with zero attached hydrogens (tertiary/aromatic N) is 3. The molecule has 13 aromatic rings. The lowest BCUT2D eigenvalue weighted by molar-refractivity contribution is 1.16. The van der Waals surface area contributed by atoms with E-state index in [1.165, 1.54) is 98.8 Å². The van der Waals surface area contributed by atoms with Crippen LogP contribution in [-0.4, -0.2) is 13.7 Å². The molecule has 0 spiro atoms. The van der Waals surface area contributed by atoms with Gasteiger partial charge in [0.2, 0.25) is 0 Å². The Labute approximate surface area is 364 Å². The average Bonchev–Trinajstić information content (AvgIpc) is 3.99. The number of aromatic nitrogens is 3. The summed E-state index contributed by atoms with van der Waals surface area (Å²) < 4.78 is 7.33. The summed E-state index contributed by atoms with van der Waals surface area (Å²) in [5.41, 5.74) is 17.7. The first-order valence-electron chi connectivity index (χ1n) is 21.7. The second kappa shape index (κ2) is 14.1. The fourth-order valence-corrected chi connectivity index (χ4v) is 10.3. The van der Waals surface area contributed by atoms with E-state index < -0.39 is 0 Å². The van der Waals surface area contributed by atoms with Crippen LogP contribution in [0.1, 0.15) is 0 Å². The predicted octanol–water partition coefficient (Wildman–Crippen LogP) is 16.0. The van der Waals surface area contributed by atoms with Crippen molar-refractivity contribution in [2.45, 2.75) is 0 Å². The normalized spacial score (nSPS) is 11.8. The van der Waals surface area contributed by atoms with Gasteiger partial charge in [-0.1, -0.05) is 164 Å². The highest BCUT2D eigenvalue weighted by Gasteiger charge is 2.24. The van der Waals surface area contributed by atoms with Crippen LogP contribution in [0.25, 0.3) is 116 Å². The fourth-order valence-electron chi connectivity index (χ4n) is 10.3. The summed E-state index contributed by atoms with van der Waals surface area (Å²) in [6.07, 6.45) is 0. The van der Waals surface area contributed by atoms with Crippen molar-refractivity contribution in [3.63, 3.8) is 0 Å². The Kier molecular flexibility index (Phi) is 7.91. The van der Waals surface area contributed by atoms with Gasteiger partial charge in [-0.15, -0.1) is 0 Å². The highest BCUT2D eigenvalue weighted by molar-refractivity contribution is 6.28. The molecule has 3 heterocycles. The van der Waals surface area contributed by atoms with E-state index in [9.17, 15) is 0 Å². The zero-order chi connectivity index (χ0) is 41.4. The number of benzene rings is 10. The Morgan fingerprint density at radius 3 is 1.24 bits per heavy atom. The highest BCUT2D eigenvalue weighted by atomic mass is 15.0. The quantitative estimate of drug-likeness (QED) is 0.159. The first-order valence-corrected chi connectivity index (χ1v) is 21.7. The largest absolute Gasteiger partial charge is 0.309 e. The van der Waals surface area contributed by atoms with Crippen molar-refractivity contribution in [1.29, 1.82) is 0 Å². The standard InChI is InChI=1S/C60H39N3/c1-4-18-40(19-5-1)42-21-17-27-47(37-42)63-52-31-13-10-28-48(52)49-35-34-43(38-55(49)63)41-20-16-22-44(36-41)58-59-50-29-11-14-32-53(50)61(45-23-6-2-7-24-45)56(59)39-57-60(58)51-30-12-15-33-54(51)62(57)46-25-8-3-9-26-46/h1-39H. The molecule has 0 aliphatic carbocycles. The monoisotopic (exact) mass is 801 g/mol. The van der Waals surface area contributed by atoms with Crippen molar-refractivity contribution in [2.24, 2.45) is 0 Å². The number of hydrogen-bond acceptors (Lipinski definition) is 0. The SMILES string of the molecule is c1ccc(-c2cccc(-n3c4ccccc4c4ccc(-c5cccc(-c6c7c8ccccc8n(-c8ccccc8)c7cc7c6c6ccccc6n7-c6ccccc6)c5)cc43)c2)cc1. The molecule has 3 nitrogen and oxygen atoms in total. The number of fused-ring (bicyclic) bond motifs is 9. The second-order valence-electron chi connectivity index (χ2n) is 16.5. The van der Waals surface area contributed by atoms with E-state index in [0.29, 0.717) is 0 Å². The number of para-hydroxylation sites is 5. The molecule has 0 saturated heterocycles. The van der Waals surface area contributed by atoms with Gasteiger partial charge >= 0.3 is 0 Å². The molecular formula is C60H39N3. The van der Waals surface area contributed by atoms with Gasteiger partial charge in [0.25, 0.3) is 0 Å². The Morgan fingerprint density at radius 2 is 0.619 bits per heavy atom. The van der Waals surface area contributed by atoms with E-state index in [-0.39, 0.29) is 0 Å². The average molecular weight is 802 g/mol. The Hall–Kier alpha value is -8.40. The zero-order valence-electron chi connectivity index (χ0n) is 34.4. The van der Waals surface area contributed by atoms with Crippen LogP contribution in [0.2, 0.25) is 0 Å². The molecule has 0 unspecified atom stereocenters. The molecule has 3 aromatic heterocycles. The summed E-state index contributed by atoms with van der Waals surface area (Å²) in [5.74, 6) is 0. The third kappa shape index (κ3) is 5.46. The predicted molar refractivity (Wildman–Crippen MR) is 266 cm³/mol. The van der Waals surface area contributed by atoms with Gasteiger partial charge in [-0.3, -0.25) is 0 Å². The molecule has 0 atom stereocenters. The van der Waals surface area contributed by atoms with Crippen LogP contribution >= 0.6 is 0 Å². The van der Waals surface area contributed by atoms with E-state index in [2.05, 4.69) is 250 Å². The summed E-state index contributed by atoms with van der Waals surface area (Å²) in [6.45, 7) is 0. The molecule has 63 heavy (non-hydrogen) atoms. The zero-order valence-corrected chi connectivity index (χ0v) is 34.4. The maximum atomic E-state index is 2.45. The fraction of sp³-hybridized carbons (Fsp3) is 0. The van der Waals surface area contributed by atoms with Crippen LogP contribution in [-0.2, 0) is 0 Å². The molecule has 0 radical (unpaired) electrons. The first-order chi connectivity index (χ1) is 31.3. The van der Waals surface area contributed by atoms with Gasteiger partial charge in [0.05, 0.1) is 33.1 Å². The lowest BCUT2D eigenvalue weighted by atomic mass is 9.92. The summed E-state index contributed by atoms with van der Waals surface area (Å²) in [7, 11) is 0. The van der Waals surface area contributed by atoms with Gasteiger partial charge in [-0.2, -0.15) is 0 Å². The Morgan fingerprint density at radius 1 is 0.206 bits per heavy atom. The third-order valence-corrected chi connectivity index (χ3v) is 13.0. The molecule has 0 amide bonds. The van der Waals surface area contributed by atoms with E-state index in [1.807, 2.05) is 0 Å². The van der Waals surface area contributed by atoms with Crippen molar-refractivity contribution in [3.8, 4) is 50.4 Å². The van der Waals surface area contributed by atoms with Crippen LogP contribution in [0.15, 0.2) is 237 Å². The molecule has 0 bridgehead atoms. The Bertz CT molecular complexity index is 3760. The maximum Gasteiger partial charge on any atom is 0.0568 e. The van der Waals surface area contributed by atoms with Crippen LogP contribution < -0.4 is 0 Å². The van der Waals surface area contributed by atoms with Crippen molar-refractivity contribution in [3.05, 3.63) is 237 Å². The maximum absolute atomic E-state index is 2.45. The smallest absolute Gasteiger partial charge is 0.0568 e. The minimum absolute atomic E-state index is 1.14. The van der Waals surface area contributed by atoms with Crippen LogP contribution in [0, 0.1) is 0 Å².